The molecule has 0 saturated carbocycles. The van der Waals surface area contributed by atoms with Gasteiger partial charge in [-0.15, -0.1) is 0 Å². The van der Waals surface area contributed by atoms with Gasteiger partial charge in [0.15, 0.2) is 0 Å². The van der Waals surface area contributed by atoms with Gasteiger partial charge in [-0.05, 0) is 24.3 Å². The number of phenolic OH excluding ortho intramolecular Hbond substituents is 1. The molecule has 2 aromatic rings. The highest BCUT2D eigenvalue weighted by Crippen LogP contribution is 2.38. The molecule has 0 aliphatic rings. The van der Waals surface area contributed by atoms with E-state index in [2.05, 4.69) is 0 Å². The van der Waals surface area contributed by atoms with Crippen molar-refractivity contribution in [2.45, 2.75) is 0 Å². The van der Waals surface area contributed by atoms with E-state index >= 15 is 0 Å². The molecule has 82 valence electrons. The Morgan fingerprint density at radius 3 is 2.69 bits per heavy atom. The number of nitrogens with two attached hydrogens (primary N) is 1. The monoisotopic (exact) mass is 236 g/mol. The van der Waals surface area contributed by atoms with E-state index in [0.29, 0.717) is 16.1 Å². The average molecular weight is 236 g/mol. The molecule has 1 aromatic heterocycles. The first kappa shape index (κ1) is 10.4. The van der Waals surface area contributed by atoms with Gasteiger partial charge in [-0.2, -0.15) is 0 Å². The van der Waals surface area contributed by atoms with Crippen molar-refractivity contribution in [2.24, 2.45) is 0 Å². The largest absolute Gasteiger partial charge is 0.507 e. The summed E-state index contributed by atoms with van der Waals surface area (Å²) in [5.41, 5.74) is 6.61. The van der Waals surface area contributed by atoms with Gasteiger partial charge in [-0.1, -0.05) is 11.3 Å². The molecule has 1 aromatic carbocycles. The molecule has 3 N–H and O–H groups in total. The smallest absolute Gasteiger partial charge is 0.324 e. The van der Waals surface area contributed by atoms with Gasteiger partial charge in [0.2, 0.25) is 0 Å². The third-order valence-corrected chi connectivity index (χ3v) is 3.13. The predicted octanol–water partition coefficient (Wildman–Crippen LogP) is 2.61. The first-order valence-electron chi connectivity index (χ1n) is 4.41. The molecule has 5 nitrogen and oxygen atoms in total. The molecule has 2 rings (SSSR count). The van der Waals surface area contributed by atoms with Gasteiger partial charge in [0, 0.05) is 22.2 Å². The number of thiophene rings is 1. The van der Waals surface area contributed by atoms with Crippen molar-refractivity contribution in [1.82, 2.24) is 0 Å². The molecular weight excluding hydrogens is 228 g/mol. The Balaban J connectivity index is 2.50. The Labute approximate surface area is 94.9 Å². The molecule has 0 aliphatic carbocycles. The van der Waals surface area contributed by atoms with Crippen LogP contribution in [0.2, 0.25) is 0 Å². The number of nitrogen functional groups attached to an aromatic ring is 1. The maximum Gasteiger partial charge on any atom is 0.324 e. The van der Waals surface area contributed by atoms with Crippen LogP contribution in [-0.2, 0) is 0 Å². The summed E-state index contributed by atoms with van der Waals surface area (Å²) in [5.74, 6) is 0.0611. The zero-order valence-electron chi connectivity index (χ0n) is 8.08. The number of hydrogen-bond acceptors (Lipinski definition) is 5. The number of nitrogens with zero attached hydrogens (tertiary/aromatic N) is 1. The number of anilines is 1. The summed E-state index contributed by atoms with van der Waals surface area (Å²) in [6.45, 7) is 0. The minimum atomic E-state index is -0.461. The van der Waals surface area contributed by atoms with Crippen LogP contribution >= 0.6 is 11.3 Å². The van der Waals surface area contributed by atoms with Crippen molar-refractivity contribution in [3.63, 3.8) is 0 Å². The average Bonchev–Trinajstić information content (AvgIpc) is 2.70. The van der Waals surface area contributed by atoms with Crippen LogP contribution in [0, 0.1) is 10.1 Å². The lowest BCUT2D eigenvalue weighted by Gasteiger charge is -2.02. The first-order valence-corrected chi connectivity index (χ1v) is 5.22. The molecule has 0 atom stereocenters. The highest BCUT2D eigenvalue weighted by molar-refractivity contribution is 7.18. The Morgan fingerprint density at radius 1 is 1.31 bits per heavy atom. The molecule has 16 heavy (non-hydrogen) atoms. The van der Waals surface area contributed by atoms with Crippen LogP contribution in [0.25, 0.3) is 10.4 Å². The fourth-order valence-electron chi connectivity index (χ4n) is 1.32. The lowest BCUT2D eigenvalue weighted by Crippen LogP contribution is -1.84. The Bertz CT molecular complexity index is 551. The molecule has 0 saturated heterocycles. The highest BCUT2D eigenvalue weighted by Gasteiger charge is 2.13. The maximum absolute atomic E-state index is 10.5. The fraction of sp³-hybridized carbons (Fsp3) is 0. The van der Waals surface area contributed by atoms with Gasteiger partial charge in [-0.25, -0.2) is 0 Å². The number of benzene rings is 1. The van der Waals surface area contributed by atoms with Crippen molar-refractivity contribution in [2.75, 3.05) is 5.73 Å². The molecule has 0 fully saturated rings. The summed E-state index contributed by atoms with van der Waals surface area (Å²) in [5, 5.41) is 20.2. The lowest BCUT2D eigenvalue weighted by molar-refractivity contribution is -0.380. The molecule has 1 heterocycles. The lowest BCUT2D eigenvalue weighted by atomic mass is 10.1. The van der Waals surface area contributed by atoms with Crippen molar-refractivity contribution in [3.05, 3.63) is 40.4 Å². The number of aromatic hydroxyl groups is 1. The second kappa shape index (κ2) is 3.82. The van der Waals surface area contributed by atoms with Crippen LogP contribution in [-0.4, -0.2) is 10.0 Å². The quantitative estimate of drug-likeness (QED) is 0.363. The second-order valence-electron chi connectivity index (χ2n) is 3.17. The topological polar surface area (TPSA) is 89.4 Å². The summed E-state index contributed by atoms with van der Waals surface area (Å²) in [6, 6.07) is 7.63. The standard InChI is InChI=1S/C10H8N2O3S/c11-6-1-2-8(13)7(5-6)9-3-4-10(16-9)12(14)15/h1-5,13H,11H2. The van der Waals surface area contributed by atoms with E-state index in [1.54, 1.807) is 18.2 Å². The van der Waals surface area contributed by atoms with E-state index in [1.807, 2.05) is 0 Å². The van der Waals surface area contributed by atoms with E-state index in [1.165, 1.54) is 12.1 Å². The van der Waals surface area contributed by atoms with Crippen LogP contribution in [0.1, 0.15) is 0 Å². The number of rotatable bonds is 2. The minimum absolute atomic E-state index is 0.0387. The van der Waals surface area contributed by atoms with Crippen LogP contribution in [0.3, 0.4) is 0 Å². The summed E-state index contributed by atoms with van der Waals surface area (Å²) in [7, 11) is 0. The molecule has 0 amide bonds. The van der Waals surface area contributed by atoms with Crippen LogP contribution in [0.15, 0.2) is 30.3 Å². The van der Waals surface area contributed by atoms with Gasteiger partial charge < -0.3 is 10.8 Å². The van der Waals surface area contributed by atoms with E-state index in [9.17, 15) is 15.2 Å². The van der Waals surface area contributed by atoms with E-state index in [-0.39, 0.29) is 10.8 Å². The SMILES string of the molecule is Nc1ccc(O)c(-c2ccc([N+](=O)[O-])s2)c1. The van der Waals surface area contributed by atoms with Crippen molar-refractivity contribution in [3.8, 4) is 16.2 Å². The normalized spacial score (nSPS) is 10.2. The predicted molar refractivity (Wildman–Crippen MR) is 62.5 cm³/mol. The van der Waals surface area contributed by atoms with Gasteiger partial charge in [-0.3, -0.25) is 10.1 Å². The maximum atomic E-state index is 10.5. The molecule has 0 spiro atoms. The highest BCUT2D eigenvalue weighted by atomic mass is 32.1. The molecule has 0 aliphatic heterocycles. The van der Waals surface area contributed by atoms with Crippen molar-refractivity contribution in [1.29, 1.82) is 0 Å². The Hall–Kier alpha value is -2.08. The van der Waals surface area contributed by atoms with Gasteiger partial charge >= 0.3 is 5.00 Å². The summed E-state index contributed by atoms with van der Waals surface area (Å²) >= 11 is 1.00. The summed E-state index contributed by atoms with van der Waals surface area (Å²) in [6.07, 6.45) is 0. The molecule has 6 heteroatoms. The van der Waals surface area contributed by atoms with Gasteiger partial charge in [0.25, 0.3) is 0 Å². The molecular formula is C10H8N2O3S. The Kier molecular flexibility index (Phi) is 2.49. The number of nitro groups is 1. The zero-order valence-corrected chi connectivity index (χ0v) is 8.90. The van der Waals surface area contributed by atoms with E-state index < -0.39 is 4.92 Å². The number of phenols is 1. The van der Waals surface area contributed by atoms with Crippen LogP contribution in [0.5, 0.6) is 5.75 Å². The van der Waals surface area contributed by atoms with Crippen LogP contribution in [0.4, 0.5) is 10.7 Å². The van der Waals surface area contributed by atoms with Gasteiger partial charge in [0.05, 0.1) is 4.92 Å². The molecule has 0 radical (unpaired) electrons. The summed E-state index contributed by atoms with van der Waals surface area (Å²) < 4.78 is 0. The van der Waals surface area contributed by atoms with Gasteiger partial charge in [0.1, 0.15) is 5.75 Å². The molecule has 0 bridgehead atoms. The zero-order chi connectivity index (χ0) is 11.7. The second-order valence-corrected chi connectivity index (χ2v) is 4.23. The third-order valence-electron chi connectivity index (χ3n) is 2.06. The fourth-order valence-corrected chi connectivity index (χ4v) is 2.17. The minimum Gasteiger partial charge on any atom is -0.507 e. The summed E-state index contributed by atoms with van der Waals surface area (Å²) in [4.78, 5) is 10.7. The third kappa shape index (κ3) is 1.82. The Morgan fingerprint density at radius 2 is 2.06 bits per heavy atom. The first-order chi connectivity index (χ1) is 7.58. The van der Waals surface area contributed by atoms with Crippen molar-refractivity contribution >= 4 is 22.0 Å². The number of hydrogen-bond donors (Lipinski definition) is 2. The van der Waals surface area contributed by atoms with Crippen LogP contribution < -0.4 is 5.73 Å². The molecule has 0 unspecified atom stereocenters. The van der Waals surface area contributed by atoms with E-state index in [0.717, 1.165) is 11.3 Å². The van der Waals surface area contributed by atoms with Crippen molar-refractivity contribution < 1.29 is 10.0 Å². The van der Waals surface area contributed by atoms with E-state index in [4.69, 9.17) is 5.73 Å².